The molecule has 9 heteroatoms. The van der Waals surface area contributed by atoms with Crippen molar-refractivity contribution in [3.8, 4) is 39.9 Å². The molecule has 0 saturated carbocycles. The standard InChI is InChI=1S/C24H20FN5O3/c25-17-5-1-14(2-6-17)23-28-24(30-29-23)16-3-7-18(26-12-16)15-4-8-21(27-11-15)33-20-13-32-19-9-10-31-22(19)20/h1-8,11-12,19-20,22H,9-10,13H2,(H,28,29,30)/t19-,20+,22+/m1/s1. The fraction of sp³-hybridized carbons (Fsp3) is 0.250. The highest BCUT2D eigenvalue weighted by atomic mass is 19.1. The SMILES string of the molecule is Fc1ccc(-c2nc(-c3ccc(-c4ccc(O[C@H]5CO[C@@H]6CCO[C@H]56)nc4)nc3)n[nH]2)cc1. The summed E-state index contributed by atoms with van der Waals surface area (Å²) in [6, 6.07) is 13.6. The van der Waals surface area contributed by atoms with Gasteiger partial charge in [-0.15, -0.1) is 0 Å². The Morgan fingerprint density at radius 2 is 1.73 bits per heavy atom. The summed E-state index contributed by atoms with van der Waals surface area (Å²) < 4.78 is 30.6. The van der Waals surface area contributed by atoms with E-state index in [2.05, 4.69) is 25.1 Å². The minimum atomic E-state index is -0.295. The fourth-order valence-electron chi connectivity index (χ4n) is 4.11. The molecule has 33 heavy (non-hydrogen) atoms. The molecule has 4 aromatic rings. The second-order valence-electron chi connectivity index (χ2n) is 7.98. The molecule has 0 bridgehead atoms. The normalized spacial score (nSPS) is 21.8. The maximum atomic E-state index is 13.1. The van der Waals surface area contributed by atoms with E-state index < -0.39 is 0 Å². The highest BCUT2D eigenvalue weighted by molar-refractivity contribution is 5.64. The van der Waals surface area contributed by atoms with Crippen LogP contribution < -0.4 is 4.74 Å². The van der Waals surface area contributed by atoms with Crippen molar-refractivity contribution in [1.29, 1.82) is 0 Å². The summed E-state index contributed by atoms with van der Waals surface area (Å²) >= 11 is 0. The van der Waals surface area contributed by atoms with Crippen molar-refractivity contribution in [2.75, 3.05) is 13.2 Å². The summed E-state index contributed by atoms with van der Waals surface area (Å²) in [4.78, 5) is 13.4. The van der Waals surface area contributed by atoms with E-state index in [1.165, 1.54) is 12.1 Å². The van der Waals surface area contributed by atoms with Gasteiger partial charge in [0.1, 0.15) is 11.9 Å². The lowest BCUT2D eigenvalue weighted by Gasteiger charge is -2.17. The molecule has 2 aliphatic heterocycles. The Kier molecular flexibility index (Phi) is 5.04. The number of aromatic nitrogens is 5. The van der Waals surface area contributed by atoms with Gasteiger partial charge in [-0.1, -0.05) is 0 Å². The quantitative estimate of drug-likeness (QED) is 0.501. The molecule has 0 spiro atoms. The molecule has 2 saturated heterocycles. The zero-order valence-corrected chi connectivity index (χ0v) is 17.5. The number of aromatic amines is 1. The largest absolute Gasteiger partial charge is 0.469 e. The second kappa shape index (κ2) is 8.34. The van der Waals surface area contributed by atoms with Crippen molar-refractivity contribution in [3.63, 3.8) is 0 Å². The summed E-state index contributed by atoms with van der Waals surface area (Å²) in [5.74, 6) is 1.32. The summed E-state index contributed by atoms with van der Waals surface area (Å²) in [6.45, 7) is 1.23. The predicted octanol–water partition coefficient (Wildman–Crippen LogP) is 3.67. The van der Waals surface area contributed by atoms with Gasteiger partial charge in [-0.3, -0.25) is 10.1 Å². The van der Waals surface area contributed by atoms with E-state index in [1.807, 2.05) is 24.3 Å². The maximum Gasteiger partial charge on any atom is 0.213 e. The average Bonchev–Trinajstić information content (AvgIpc) is 3.59. The molecule has 2 fully saturated rings. The Hall–Kier alpha value is -3.69. The third-order valence-corrected chi connectivity index (χ3v) is 5.85. The lowest BCUT2D eigenvalue weighted by atomic mass is 10.1. The van der Waals surface area contributed by atoms with Crippen LogP contribution in [0.25, 0.3) is 34.0 Å². The van der Waals surface area contributed by atoms with Gasteiger partial charge in [0.2, 0.25) is 5.88 Å². The molecule has 0 amide bonds. The summed E-state index contributed by atoms with van der Waals surface area (Å²) in [6.07, 6.45) is 4.35. The Morgan fingerprint density at radius 1 is 0.909 bits per heavy atom. The molecule has 3 atom stereocenters. The van der Waals surface area contributed by atoms with Gasteiger partial charge >= 0.3 is 0 Å². The van der Waals surface area contributed by atoms with Crippen LogP contribution in [0.1, 0.15) is 6.42 Å². The van der Waals surface area contributed by atoms with E-state index in [9.17, 15) is 4.39 Å². The molecule has 0 aliphatic carbocycles. The van der Waals surface area contributed by atoms with Crippen LogP contribution in [0.5, 0.6) is 5.88 Å². The number of pyridine rings is 2. The number of nitrogens with zero attached hydrogens (tertiary/aromatic N) is 4. The van der Waals surface area contributed by atoms with Gasteiger partial charge in [-0.25, -0.2) is 14.4 Å². The topological polar surface area (TPSA) is 95.0 Å². The Bertz CT molecular complexity index is 1240. The van der Waals surface area contributed by atoms with Gasteiger partial charge in [0.05, 0.1) is 18.4 Å². The molecule has 0 radical (unpaired) electrons. The third kappa shape index (κ3) is 3.96. The fourth-order valence-corrected chi connectivity index (χ4v) is 4.11. The zero-order chi connectivity index (χ0) is 22.2. The van der Waals surface area contributed by atoms with Gasteiger partial charge in [0.25, 0.3) is 0 Å². The molecule has 6 rings (SSSR count). The highest BCUT2D eigenvalue weighted by Crippen LogP contribution is 2.29. The molecule has 1 N–H and O–H groups in total. The molecular formula is C24H20FN5O3. The van der Waals surface area contributed by atoms with Crippen molar-refractivity contribution < 1.29 is 18.6 Å². The Labute approximate surface area is 188 Å². The lowest BCUT2D eigenvalue weighted by Crippen LogP contribution is -2.32. The molecule has 2 aliphatic rings. The van der Waals surface area contributed by atoms with Crippen LogP contribution in [0, 0.1) is 5.82 Å². The van der Waals surface area contributed by atoms with Crippen molar-refractivity contribution in [2.24, 2.45) is 0 Å². The van der Waals surface area contributed by atoms with Gasteiger partial charge < -0.3 is 14.2 Å². The minimum Gasteiger partial charge on any atom is -0.469 e. The molecule has 166 valence electrons. The number of nitrogens with one attached hydrogen (secondary N) is 1. The van der Waals surface area contributed by atoms with Crippen LogP contribution in [0.15, 0.2) is 60.9 Å². The molecular weight excluding hydrogens is 425 g/mol. The number of ether oxygens (including phenoxy) is 3. The van der Waals surface area contributed by atoms with Crippen LogP contribution in [-0.4, -0.2) is 56.7 Å². The molecule has 1 aromatic carbocycles. The van der Waals surface area contributed by atoms with Crippen LogP contribution >= 0.6 is 0 Å². The first-order chi connectivity index (χ1) is 16.2. The van der Waals surface area contributed by atoms with Crippen LogP contribution in [-0.2, 0) is 9.47 Å². The first-order valence-electron chi connectivity index (χ1n) is 10.7. The zero-order valence-electron chi connectivity index (χ0n) is 17.5. The van der Waals surface area contributed by atoms with E-state index >= 15 is 0 Å². The van der Waals surface area contributed by atoms with E-state index in [1.54, 1.807) is 24.5 Å². The van der Waals surface area contributed by atoms with Crippen LogP contribution in [0.2, 0.25) is 0 Å². The van der Waals surface area contributed by atoms with Gasteiger partial charge in [-0.05, 0) is 48.9 Å². The number of H-pyrrole nitrogens is 1. The van der Waals surface area contributed by atoms with Gasteiger partial charge in [-0.2, -0.15) is 5.10 Å². The first-order valence-corrected chi connectivity index (χ1v) is 10.7. The van der Waals surface area contributed by atoms with E-state index in [0.717, 1.165) is 28.8 Å². The van der Waals surface area contributed by atoms with Crippen LogP contribution in [0.4, 0.5) is 4.39 Å². The monoisotopic (exact) mass is 445 g/mol. The summed E-state index contributed by atoms with van der Waals surface area (Å²) in [7, 11) is 0. The third-order valence-electron chi connectivity index (χ3n) is 5.85. The predicted molar refractivity (Wildman–Crippen MR) is 117 cm³/mol. The van der Waals surface area contributed by atoms with Gasteiger partial charge in [0.15, 0.2) is 17.8 Å². The number of hydrogen-bond donors (Lipinski definition) is 1. The summed E-state index contributed by atoms with van der Waals surface area (Å²) in [5, 5.41) is 7.13. The van der Waals surface area contributed by atoms with Crippen molar-refractivity contribution in [1.82, 2.24) is 25.1 Å². The number of hydrogen-bond acceptors (Lipinski definition) is 7. The maximum absolute atomic E-state index is 13.1. The second-order valence-corrected chi connectivity index (χ2v) is 7.98. The number of benzene rings is 1. The molecule has 8 nitrogen and oxygen atoms in total. The van der Waals surface area contributed by atoms with E-state index in [-0.39, 0.29) is 24.1 Å². The van der Waals surface area contributed by atoms with Crippen molar-refractivity contribution in [3.05, 3.63) is 66.7 Å². The van der Waals surface area contributed by atoms with E-state index in [4.69, 9.17) is 14.2 Å². The van der Waals surface area contributed by atoms with Crippen molar-refractivity contribution in [2.45, 2.75) is 24.7 Å². The van der Waals surface area contributed by atoms with Gasteiger partial charge in [0, 0.05) is 41.8 Å². The number of fused-ring (bicyclic) bond motifs is 1. The van der Waals surface area contributed by atoms with E-state index in [0.29, 0.717) is 30.7 Å². The average molecular weight is 445 g/mol. The number of halogens is 1. The molecule has 5 heterocycles. The van der Waals surface area contributed by atoms with Crippen molar-refractivity contribution >= 4 is 0 Å². The molecule has 3 aromatic heterocycles. The number of rotatable bonds is 5. The minimum absolute atomic E-state index is 0.0140. The highest BCUT2D eigenvalue weighted by Gasteiger charge is 2.43. The molecule has 0 unspecified atom stereocenters. The smallest absolute Gasteiger partial charge is 0.213 e. The first kappa shape index (κ1) is 20.0. The Balaban J connectivity index is 1.14. The Morgan fingerprint density at radius 3 is 2.52 bits per heavy atom. The lowest BCUT2D eigenvalue weighted by molar-refractivity contribution is 0.0289. The van der Waals surface area contributed by atoms with Crippen LogP contribution in [0.3, 0.4) is 0 Å². The summed E-state index contributed by atoms with van der Waals surface area (Å²) in [5.41, 5.74) is 3.17.